The second kappa shape index (κ2) is 8.85. The molecule has 9 heteroatoms. The van der Waals surface area contributed by atoms with Crippen LogP contribution < -0.4 is 16.4 Å². The summed E-state index contributed by atoms with van der Waals surface area (Å²) in [7, 11) is 0. The molecule has 4 N–H and O–H groups in total. The predicted octanol–water partition coefficient (Wildman–Crippen LogP) is 3.73. The molecule has 144 valence electrons. The SMILES string of the molecule is Cc1cccc(C)c1Nc1nnc(SCC(=O)Nc2ccc(C(N)=O)cc2)s1. The van der Waals surface area contributed by atoms with Crippen molar-refractivity contribution in [3.05, 3.63) is 59.2 Å². The highest BCUT2D eigenvalue weighted by molar-refractivity contribution is 8.01. The normalized spacial score (nSPS) is 10.5. The maximum absolute atomic E-state index is 12.1. The van der Waals surface area contributed by atoms with Crippen LogP contribution >= 0.6 is 23.1 Å². The zero-order valence-electron chi connectivity index (χ0n) is 15.4. The molecule has 28 heavy (non-hydrogen) atoms. The molecule has 0 fully saturated rings. The molecule has 7 nitrogen and oxygen atoms in total. The molecule has 0 spiro atoms. The van der Waals surface area contributed by atoms with Crippen LogP contribution in [0.25, 0.3) is 0 Å². The van der Waals surface area contributed by atoms with E-state index in [4.69, 9.17) is 5.73 Å². The fourth-order valence-electron chi connectivity index (χ4n) is 2.48. The Labute approximate surface area is 170 Å². The summed E-state index contributed by atoms with van der Waals surface area (Å²) < 4.78 is 0.702. The Balaban J connectivity index is 1.54. The summed E-state index contributed by atoms with van der Waals surface area (Å²) in [5.74, 6) is -0.471. The molecular weight excluding hydrogens is 394 g/mol. The Hall–Kier alpha value is -2.91. The first-order valence-electron chi connectivity index (χ1n) is 8.41. The quantitative estimate of drug-likeness (QED) is 0.509. The Morgan fingerprint density at radius 2 is 1.75 bits per heavy atom. The molecule has 2 amide bonds. The van der Waals surface area contributed by atoms with Crippen LogP contribution in [0.2, 0.25) is 0 Å². The lowest BCUT2D eigenvalue weighted by atomic mass is 10.1. The highest BCUT2D eigenvalue weighted by Gasteiger charge is 2.11. The summed E-state index contributed by atoms with van der Waals surface area (Å²) in [6, 6.07) is 12.5. The number of primary amides is 1. The molecule has 0 saturated carbocycles. The average molecular weight is 414 g/mol. The maximum Gasteiger partial charge on any atom is 0.248 e. The van der Waals surface area contributed by atoms with Gasteiger partial charge >= 0.3 is 0 Å². The van der Waals surface area contributed by atoms with Gasteiger partial charge in [0.2, 0.25) is 16.9 Å². The summed E-state index contributed by atoms with van der Waals surface area (Å²) >= 11 is 2.71. The van der Waals surface area contributed by atoms with Gasteiger partial charge in [-0.2, -0.15) is 0 Å². The van der Waals surface area contributed by atoms with Crippen LogP contribution in [0.4, 0.5) is 16.5 Å². The number of thioether (sulfide) groups is 1. The van der Waals surface area contributed by atoms with Crippen molar-refractivity contribution in [2.45, 2.75) is 18.2 Å². The zero-order valence-corrected chi connectivity index (χ0v) is 17.0. The summed E-state index contributed by atoms with van der Waals surface area (Å²) in [4.78, 5) is 23.2. The average Bonchev–Trinajstić information content (AvgIpc) is 3.11. The van der Waals surface area contributed by atoms with E-state index >= 15 is 0 Å². The molecule has 0 aliphatic carbocycles. The molecule has 0 aliphatic rings. The minimum atomic E-state index is -0.505. The number of aryl methyl sites for hydroxylation is 2. The number of benzene rings is 2. The van der Waals surface area contributed by atoms with Gasteiger partial charge in [0.25, 0.3) is 0 Å². The van der Waals surface area contributed by atoms with Crippen LogP contribution in [0.15, 0.2) is 46.8 Å². The van der Waals surface area contributed by atoms with Gasteiger partial charge in [0.15, 0.2) is 4.34 Å². The molecule has 2 aromatic carbocycles. The van der Waals surface area contributed by atoms with Crippen molar-refractivity contribution in [3.8, 4) is 0 Å². The first kappa shape index (κ1) is 19.8. The van der Waals surface area contributed by atoms with Crippen molar-refractivity contribution in [3.63, 3.8) is 0 Å². The molecule has 0 bridgehead atoms. The molecule has 0 aliphatic heterocycles. The topological polar surface area (TPSA) is 110 Å². The van der Waals surface area contributed by atoms with Crippen molar-refractivity contribution in [2.75, 3.05) is 16.4 Å². The molecule has 0 saturated heterocycles. The van der Waals surface area contributed by atoms with Crippen molar-refractivity contribution in [1.29, 1.82) is 0 Å². The maximum atomic E-state index is 12.1. The highest BCUT2D eigenvalue weighted by atomic mass is 32.2. The van der Waals surface area contributed by atoms with Crippen LogP contribution in [-0.4, -0.2) is 27.8 Å². The summed E-state index contributed by atoms with van der Waals surface area (Å²) in [6.45, 7) is 4.07. The van der Waals surface area contributed by atoms with E-state index in [1.807, 2.05) is 32.0 Å². The fraction of sp³-hybridized carbons (Fsp3) is 0.158. The Morgan fingerprint density at radius 3 is 2.39 bits per heavy atom. The van der Waals surface area contributed by atoms with E-state index in [0.717, 1.165) is 16.8 Å². The Kier molecular flexibility index (Phi) is 6.27. The number of amides is 2. The van der Waals surface area contributed by atoms with E-state index in [0.29, 0.717) is 20.7 Å². The van der Waals surface area contributed by atoms with Crippen LogP contribution in [0.5, 0.6) is 0 Å². The second-order valence-corrected chi connectivity index (χ2v) is 8.24. The number of nitrogens with two attached hydrogens (primary N) is 1. The molecule has 3 rings (SSSR count). The predicted molar refractivity (Wildman–Crippen MR) is 113 cm³/mol. The number of hydrogen-bond acceptors (Lipinski definition) is 7. The van der Waals surface area contributed by atoms with E-state index in [2.05, 4.69) is 20.8 Å². The molecule has 0 atom stereocenters. The second-order valence-electron chi connectivity index (χ2n) is 6.04. The Morgan fingerprint density at radius 1 is 1.07 bits per heavy atom. The van der Waals surface area contributed by atoms with Gasteiger partial charge in [0.1, 0.15) is 0 Å². The van der Waals surface area contributed by atoms with Crippen molar-refractivity contribution in [2.24, 2.45) is 5.73 Å². The molecule has 0 unspecified atom stereocenters. The van der Waals surface area contributed by atoms with E-state index in [-0.39, 0.29) is 11.7 Å². The molecule has 3 aromatic rings. The molecule has 0 radical (unpaired) electrons. The van der Waals surface area contributed by atoms with Gasteiger partial charge in [0, 0.05) is 16.9 Å². The monoisotopic (exact) mass is 413 g/mol. The van der Waals surface area contributed by atoms with E-state index < -0.39 is 5.91 Å². The third-order valence-corrected chi connectivity index (χ3v) is 5.87. The molecule has 1 heterocycles. The minimum Gasteiger partial charge on any atom is -0.366 e. The van der Waals surface area contributed by atoms with E-state index in [9.17, 15) is 9.59 Å². The lowest BCUT2D eigenvalue weighted by Gasteiger charge is -2.09. The highest BCUT2D eigenvalue weighted by Crippen LogP contribution is 2.30. The number of nitrogens with zero attached hydrogens (tertiary/aromatic N) is 2. The first-order chi connectivity index (χ1) is 13.4. The van der Waals surface area contributed by atoms with Crippen LogP contribution in [0.1, 0.15) is 21.5 Å². The zero-order chi connectivity index (χ0) is 20.1. The van der Waals surface area contributed by atoms with Gasteiger partial charge in [-0.05, 0) is 49.2 Å². The fourth-order valence-corrected chi connectivity index (χ4v) is 4.04. The van der Waals surface area contributed by atoms with E-state index in [1.54, 1.807) is 24.3 Å². The van der Waals surface area contributed by atoms with Crippen LogP contribution in [-0.2, 0) is 4.79 Å². The van der Waals surface area contributed by atoms with E-state index in [1.165, 1.54) is 23.1 Å². The van der Waals surface area contributed by atoms with Crippen LogP contribution in [0, 0.1) is 13.8 Å². The molecule has 1 aromatic heterocycles. The summed E-state index contributed by atoms with van der Waals surface area (Å²) in [6.07, 6.45) is 0. The van der Waals surface area contributed by atoms with Crippen LogP contribution in [0.3, 0.4) is 0 Å². The first-order valence-corrected chi connectivity index (χ1v) is 10.2. The van der Waals surface area contributed by atoms with Crippen molar-refractivity contribution in [1.82, 2.24) is 10.2 Å². The van der Waals surface area contributed by atoms with Gasteiger partial charge in [0.05, 0.1) is 5.75 Å². The summed E-state index contributed by atoms with van der Waals surface area (Å²) in [5, 5.41) is 15.0. The number of nitrogens with one attached hydrogen (secondary N) is 2. The van der Waals surface area contributed by atoms with Gasteiger partial charge in [-0.3, -0.25) is 9.59 Å². The lowest BCUT2D eigenvalue weighted by Crippen LogP contribution is -2.14. The third-order valence-electron chi connectivity index (χ3n) is 3.90. The number of carbonyl (C=O) groups is 2. The minimum absolute atomic E-state index is 0.170. The van der Waals surface area contributed by atoms with Gasteiger partial charge in [-0.25, -0.2) is 0 Å². The van der Waals surface area contributed by atoms with Crippen molar-refractivity contribution < 1.29 is 9.59 Å². The van der Waals surface area contributed by atoms with Gasteiger partial charge < -0.3 is 16.4 Å². The molecular formula is C19H19N5O2S2. The van der Waals surface area contributed by atoms with Crippen molar-refractivity contribution >= 4 is 51.4 Å². The number of anilines is 3. The number of aromatic nitrogens is 2. The lowest BCUT2D eigenvalue weighted by molar-refractivity contribution is -0.113. The Bertz CT molecular complexity index is 982. The largest absolute Gasteiger partial charge is 0.366 e. The summed E-state index contributed by atoms with van der Waals surface area (Å²) in [5.41, 5.74) is 9.48. The van der Waals surface area contributed by atoms with Gasteiger partial charge in [-0.15, -0.1) is 10.2 Å². The smallest absolute Gasteiger partial charge is 0.248 e. The third kappa shape index (κ3) is 5.08. The number of rotatable bonds is 7. The number of carbonyl (C=O) groups excluding carboxylic acids is 2. The number of hydrogen-bond donors (Lipinski definition) is 3. The standard InChI is InChI=1S/C19H19N5O2S2/c1-11-4-3-5-12(2)16(11)22-18-23-24-19(28-18)27-10-15(25)21-14-8-6-13(7-9-14)17(20)26/h3-9H,10H2,1-2H3,(H2,20,26)(H,21,25)(H,22,23). The van der Waals surface area contributed by atoms with Gasteiger partial charge in [-0.1, -0.05) is 41.3 Å². The number of para-hydroxylation sites is 1.